The minimum atomic E-state index is -4.62. The van der Waals surface area contributed by atoms with Crippen LogP contribution in [-0.2, 0) is 11.0 Å². The van der Waals surface area contributed by atoms with Crippen molar-refractivity contribution in [3.8, 4) is 0 Å². The summed E-state index contributed by atoms with van der Waals surface area (Å²) in [6.07, 6.45) is -2.92. The molecule has 2 aliphatic rings. The van der Waals surface area contributed by atoms with Crippen molar-refractivity contribution in [2.24, 2.45) is 11.8 Å². The fourth-order valence-corrected chi connectivity index (χ4v) is 4.81. The first-order valence-corrected chi connectivity index (χ1v) is 11.7. The molecule has 1 unspecified atom stereocenters. The van der Waals surface area contributed by atoms with Gasteiger partial charge in [0, 0.05) is 17.2 Å². The highest BCUT2D eigenvalue weighted by Crippen LogP contribution is 2.43. The van der Waals surface area contributed by atoms with Crippen molar-refractivity contribution in [2.75, 3.05) is 0 Å². The zero-order chi connectivity index (χ0) is 25.7. The molecule has 1 saturated heterocycles. The SMILES string of the molecule is C[C@@H]1C[C@H](C(=O)NC(c2cc(F)c(Cl)cc2F)C2CC2)N(C(=O)c2cccc(C(F)(F)F)c2)[C@@H]1C. The van der Waals surface area contributed by atoms with E-state index in [-0.39, 0.29) is 34.4 Å². The molecule has 10 heteroatoms. The predicted molar refractivity (Wildman–Crippen MR) is 120 cm³/mol. The quantitative estimate of drug-likeness (QED) is 0.385. The van der Waals surface area contributed by atoms with Gasteiger partial charge in [0.15, 0.2) is 0 Å². The third-order valence-electron chi connectivity index (χ3n) is 6.93. The summed E-state index contributed by atoms with van der Waals surface area (Å²) in [5, 5.41) is 2.40. The van der Waals surface area contributed by atoms with Crippen LogP contribution in [0.25, 0.3) is 0 Å². The number of hydrogen-bond donors (Lipinski definition) is 1. The molecule has 2 fully saturated rings. The van der Waals surface area contributed by atoms with E-state index >= 15 is 0 Å². The summed E-state index contributed by atoms with van der Waals surface area (Å²) in [4.78, 5) is 27.9. The number of nitrogens with zero attached hydrogens (tertiary/aromatic N) is 1. The summed E-state index contributed by atoms with van der Waals surface area (Å²) in [6, 6.07) is 3.69. The van der Waals surface area contributed by atoms with Crippen molar-refractivity contribution >= 4 is 23.4 Å². The second kappa shape index (κ2) is 9.41. The molecule has 0 bridgehead atoms. The second-order valence-electron chi connectivity index (χ2n) is 9.37. The molecular formula is C25H24ClF5N2O2. The molecule has 1 N–H and O–H groups in total. The van der Waals surface area contributed by atoms with Gasteiger partial charge >= 0.3 is 6.18 Å². The normalized spacial score (nSPS) is 23.3. The highest BCUT2D eigenvalue weighted by Gasteiger charge is 2.45. The zero-order valence-corrected chi connectivity index (χ0v) is 19.8. The lowest BCUT2D eigenvalue weighted by Gasteiger charge is -2.30. The highest BCUT2D eigenvalue weighted by molar-refractivity contribution is 6.30. The average molecular weight is 515 g/mol. The third-order valence-corrected chi connectivity index (χ3v) is 7.22. The number of benzene rings is 2. The molecule has 2 amide bonds. The van der Waals surface area contributed by atoms with E-state index in [1.807, 2.05) is 6.92 Å². The fourth-order valence-electron chi connectivity index (χ4n) is 4.66. The number of halogens is 6. The van der Waals surface area contributed by atoms with Crippen LogP contribution in [0, 0.1) is 23.5 Å². The lowest BCUT2D eigenvalue weighted by molar-refractivity contribution is -0.137. The maximum Gasteiger partial charge on any atom is 0.416 e. The Labute approximate surface area is 204 Å². The number of amides is 2. The summed E-state index contributed by atoms with van der Waals surface area (Å²) in [7, 11) is 0. The van der Waals surface area contributed by atoms with Crippen molar-refractivity contribution < 1.29 is 31.5 Å². The van der Waals surface area contributed by atoms with E-state index in [9.17, 15) is 31.5 Å². The van der Waals surface area contributed by atoms with E-state index in [0.717, 1.165) is 30.3 Å². The smallest absolute Gasteiger partial charge is 0.347 e. The minimum Gasteiger partial charge on any atom is -0.347 e. The topological polar surface area (TPSA) is 49.4 Å². The van der Waals surface area contributed by atoms with Crippen LogP contribution in [0.5, 0.6) is 0 Å². The van der Waals surface area contributed by atoms with E-state index in [2.05, 4.69) is 5.32 Å². The van der Waals surface area contributed by atoms with Gasteiger partial charge in [-0.25, -0.2) is 8.78 Å². The Morgan fingerprint density at radius 3 is 2.40 bits per heavy atom. The van der Waals surface area contributed by atoms with Gasteiger partial charge in [-0.15, -0.1) is 0 Å². The van der Waals surface area contributed by atoms with E-state index in [1.165, 1.54) is 11.0 Å². The van der Waals surface area contributed by atoms with Crippen molar-refractivity contribution in [1.82, 2.24) is 10.2 Å². The molecule has 4 nitrogen and oxygen atoms in total. The molecule has 0 spiro atoms. The van der Waals surface area contributed by atoms with Crippen LogP contribution in [0.2, 0.25) is 5.02 Å². The summed E-state index contributed by atoms with van der Waals surface area (Å²) in [5.74, 6) is -3.03. The number of carbonyl (C=O) groups excluding carboxylic acids is 2. The molecule has 1 saturated carbocycles. The van der Waals surface area contributed by atoms with Crippen molar-refractivity contribution in [3.05, 3.63) is 69.7 Å². The Bertz CT molecular complexity index is 1150. The second-order valence-corrected chi connectivity index (χ2v) is 9.78. The van der Waals surface area contributed by atoms with Crippen LogP contribution in [0.15, 0.2) is 36.4 Å². The Hall–Kier alpha value is -2.68. The van der Waals surface area contributed by atoms with Crippen LogP contribution < -0.4 is 5.32 Å². The number of nitrogens with one attached hydrogen (secondary N) is 1. The van der Waals surface area contributed by atoms with Gasteiger partial charge in [-0.2, -0.15) is 13.2 Å². The van der Waals surface area contributed by atoms with Gasteiger partial charge in [-0.3, -0.25) is 9.59 Å². The van der Waals surface area contributed by atoms with Gasteiger partial charge < -0.3 is 10.2 Å². The van der Waals surface area contributed by atoms with Gasteiger partial charge in [0.2, 0.25) is 5.91 Å². The predicted octanol–water partition coefficient (Wildman–Crippen LogP) is 6.14. The maximum atomic E-state index is 14.6. The minimum absolute atomic E-state index is 0.0300. The zero-order valence-electron chi connectivity index (χ0n) is 19.0. The first kappa shape index (κ1) is 25.4. The molecule has 0 radical (unpaired) electrons. The van der Waals surface area contributed by atoms with Crippen LogP contribution >= 0.6 is 11.6 Å². The summed E-state index contributed by atoms with van der Waals surface area (Å²) in [5.41, 5.74) is -1.17. The molecule has 2 aromatic carbocycles. The van der Waals surface area contributed by atoms with Crippen molar-refractivity contribution in [2.45, 2.75) is 57.4 Å². The summed E-state index contributed by atoms with van der Waals surface area (Å²) < 4.78 is 68.2. The Kier molecular flexibility index (Phi) is 6.83. The summed E-state index contributed by atoms with van der Waals surface area (Å²) >= 11 is 5.66. The molecule has 188 valence electrons. The summed E-state index contributed by atoms with van der Waals surface area (Å²) in [6.45, 7) is 3.58. The Morgan fingerprint density at radius 1 is 1.09 bits per heavy atom. The van der Waals surface area contributed by atoms with Gasteiger partial charge in [0.1, 0.15) is 17.7 Å². The molecule has 4 atom stereocenters. The number of rotatable bonds is 5. The first-order chi connectivity index (χ1) is 16.4. The molecule has 4 rings (SSSR count). The highest BCUT2D eigenvalue weighted by atomic mass is 35.5. The molecule has 35 heavy (non-hydrogen) atoms. The van der Waals surface area contributed by atoms with Crippen LogP contribution in [0.4, 0.5) is 22.0 Å². The number of carbonyl (C=O) groups is 2. The number of hydrogen-bond acceptors (Lipinski definition) is 2. The monoisotopic (exact) mass is 514 g/mol. The number of likely N-dealkylation sites (tertiary alicyclic amines) is 1. The lowest BCUT2D eigenvalue weighted by atomic mass is 9.99. The van der Waals surface area contributed by atoms with E-state index in [1.54, 1.807) is 6.92 Å². The van der Waals surface area contributed by atoms with Gasteiger partial charge in [0.25, 0.3) is 5.91 Å². The van der Waals surface area contributed by atoms with Gasteiger partial charge in [-0.05, 0) is 68.4 Å². The molecule has 1 aliphatic heterocycles. The first-order valence-electron chi connectivity index (χ1n) is 11.3. The maximum absolute atomic E-state index is 14.6. The van der Waals surface area contributed by atoms with Crippen molar-refractivity contribution in [3.63, 3.8) is 0 Å². The van der Waals surface area contributed by atoms with Crippen molar-refractivity contribution in [1.29, 1.82) is 0 Å². The Morgan fingerprint density at radius 2 is 1.77 bits per heavy atom. The average Bonchev–Trinajstić information content (AvgIpc) is 3.59. The van der Waals surface area contributed by atoms with E-state index < -0.39 is 53.3 Å². The lowest BCUT2D eigenvalue weighted by Crippen LogP contribution is -2.49. The van der Waals surface area contributed by atoms with Crippen LogP contribution in [0.1, 0.15) is 60.6 Å². The van der Waals surface area contributed by atoms with E-state index in [0.29, 0.717) is 12.8 Å². The van der Waals surface area contributed by atoms with Gasteiger partial charge in [0.05, 0.1) is 16.6 Å². The van der Waals surface area contributed by atoms with Crippen LogP contribution in [0.3, 0.4) is 0 Å². The third kappa shape index (κ3) is 5.15. The number of alkyl halides is 3. The molecular weight excluding hydrogens is 491 g/mol. The Balaban J connectivity index is 1.61. The molecule has 1 aliphatic carbocycles. The largest absolute Gasteiger partial charge is 0.416 e. The molecule has 0 aromatic heterocycles. The molecule has 1 heterocycles. The van der Waals surface area contributed by atoms with E-state index in [4.69, 9.17) is 11.6 Å². The standard InChI is InChI=1S/C25H24ClF5N2O2/c1-12-8-21(33(13(12)2)24(35)15-4-3-5-16(9-15)25(29,30)31)23(34)32-22(14-6-7-14)17-10-20(28)18(26)11-19(17)27/h3-5,9-14,21-22H,6-8H2,1-2H3,(H,32,34)/t12-,13-,21-,22?/m1/s1. The van der Waals surface area contributed by atoms with Crippen LogP contribution in [-0.4, -0.2) is 28.8 Å². The molecule has 2 aromatic rings. The van der Waals surface area contributed by atoms with Gasteiger partial charge in [-0.1, -0.05) is 24.6 Å². The fraction of sp³-hybridized carbons (Fsp3) is 0.440.